The number of halogens is 1. The molecule has 0 fully saturated rings. The molecular formula is C8H4FNO2S2. The Morgan fingerprint density at radius 1 is 1.50 bits per heavy atom. The van der Waals surface area contributed by atoms with Gasteiger partial charge in [-0.2, -0.15) is 0 Å². The first kappa shape index (κ1) is 9.42. The summed E-state index contributed by atoms with van der Waals surface area (Å²) in [5.41, 5.74) is 0. The number of nitro groups is 1. The molecule has 0 amide bonds. The number of nitrogens with zero attached hydrogens (tertiary/aromatic N) is 1. The molecule has 0 saturated carbocycles. The Bertz CT molecular complexity index is 523. The molecule has 2 aromatic rings. The summed E-state index contributed by atoms with van der Waals surface area (Å²) in [4.78, 5) is 10.1. The summed E-state index contributed by atoms with van der Waals surface area (Å²) in [6.07, 6.45) is 0. The summed E-state index contributed by atoms with van der Waals surface area (Å²) in [5.74, 6) is -0.461. The molecule has 0 N–H and O–H groups in total. The zero-order chi connectivity index (χ0) is 10.3. The third-order valence-electron chi connectivity index (χ3n) is 1.78. The van der Waals surface area contributed by atoms with E-state index in [2.05, 4.69) is 12.6 Å². The van der Waals surface area contributed by atoms with Gasteiger partial charge in [0.2, 0.25) is 0 Å². The maximum absolute atomic E-state index is 13.0. The van der Waals surface area contributed by atoms with E-state index in [1.54, 1.807) is 0 Å². The second-order valence-electron chi connectivity index (χ2n) is 2.66. The van der Waals surface area contributed by atoms with Crippen molar-refractivity contribution in [2.24, 2.45) is 0 Å². The fourth-order valence-electron chi connectivity index (χ4n) is 1.14. The third kappa shape index (κ3) is 1.36. The quantitative estimate of drug-likeness (QED) is 0.463. The molecule has 1 heterocycles. The lowest BCUT2D eigenvalue weighted by Gasteiger charge is -1.94. The molecular weight excluding hydrogens is 225 g/mol. The van der Waals surface area contributed by atoms with Crippen LogP contribution < -0.4 is 0 Å². The van der Waals surface area contributed by atoms with Gasteiger partial charge < -0.3 is 0 Å². The van der Waals surface area contributed by atoms with Crippen molar-refractivity contribution >= 4 is 39.1 Å². The second-order valence-corrected chi connectivity index (χ2v) is 4.13. The molecule has 3 nitrogen and oxygen atoms in total. The van der Waals surface area contributed by atoms with Gasteiger partial charge in [-0.1, -0.05) is 17.4 Å². The topological polar surface area (TPSA) is 43.1 Å². The molecule has 0 spiro atoms. The van der Waals surface area contributed by atoms with Crippen LogP contribution in [0.2, 0.25) is 0 Å². The van der Waals surface area contributed by atoms with Crippen LogP contribution in [-0.2, 0) is 0 Å². The van der Waals surface area contributed by atoms with Crippen molar-refractivity contribution < 1.29 is 9.31 Å². The van der Waals surface area contributed by atoms with Crippen molar-refractivity contribution in [3.05, 3.63) is 34.1 Å². The first-order valence-corrected chi connectivity index (χ1v) is 4.91. The van der Waals surface area contributed by atoms with Gasteiger partial charge in [-0.3, -0.25) is 10.1 Å². The largest absolute Gasteiger partial charge is 0.325 e. The fraction of sp³-hybridized carbons (Fsp3) is 0. The molecule has 1 aromatic heterocycles. The van der Waals surface area contributed by atoms with E-state index in [9.17, 15) is 14.5 Å². The van der Waals surface area contributed by atoms with Gasteiger partial charge in [-0.25, -0.2) is 4.39 Å². The summed E-state index contributed by atoms with van der Waals surface area (Å²) in [7, 11) is 0. The smallest absolute Gasteiger partial charge is 0.258 e. The SMILES string of the molecule is O=[N+]([O-])c1cc2ccc(F)c(S)c2s1. The highest BCUT2D eigenvalue weighted by molar-refractivity contribution is 7.80. The molecule has 0 aliphatic heterocycles. The van der Waals surface area contributed by atoms with E-state index in [1.807, 2.05) is 0 Å². The van der Waals surface area contributed by atoms with Crippen molar-refractivity contribution in [2.75, 3.05) is 0 Å². The number of thiol groups is 1. The number of hydrogen-bond acceptors (Lipinski definition) is 4. The molecule has 2 rings (SSSR count). The predicted molar refractivity (Wildman–Crippen MR) is 55.7 cm³/mol. The molecule has 0 aliphatic carbocycles. The van der Waals surface area contributed by atoms with Crippen LogP contribution in [0.4, 0.5) is 9.39 Å². The van der Waals surface area contributed by atoms with Gasteiger partial charge in [0.1, 0.15) is 5.82 Å². The minimum atomic E-state index is -0.490. The van der Waals surface area contributed by atoms with Crippen LogP contribution in [0.5, 0.6) is 0 Å². The maximum Gasteiger partial charge on any atom is 0.325 e. The average Bonchev–Trinajstić information content (AvgIpc) is 2.56. The molecule has 0 aliphatic rings. The van der Waals surface area contributed by atoms with E-state index < -0.39 is 10.7 Å². The first-order valence-electron chi connectivity index (χ1n) is 3.65. The standard InChI is InChI=1S/C8H4FNO2S2/c9-5-2-1-4-3-6(10(11)12)14-8(4)7(5)13/h1-3,13H. The molecule has 6 heteroatoms. The molecule has 14 heavy (non-hydrogen) atoms. The van der Waals surface area contributed by atoms with E-state index in [0.717, 1.165) is 11.3 Å². The van der Waals surface area contributed by atoms with Crippen molar-refractivity contribution in [1.82, 2.24) is 0 Å². The average molecular weight is 229 g/mol. The zero-order valence-electron chi connectivity index (χ0n) is 6.73. The van der Waals surface area contributed by atoms with Gasteiger partial charge in [-0.05, 0) is 6.07 Å². The summed E-state index contributed by atoms with van der Waals surface area (Å²) in [6, 6.07) is 4.17. The summed E-state index contributed by atoms with van der Waals surface area (Å²) < 4.78 is 13.5. The first-order chi connectivity index (χ1) is 6.59. The monoisotopic (exact) mass is 229 g/mol. The number of hydrogen-bond donors (Lipinski definition) is 1. The molecule has 0 bridgehead atoms. The van der Waals surface area contributed by atoms with Crippen LogP contribution in [0.3, 0.4) is 0 Å². The Labute approximate surface area is 87.7 Å². The van der Waals surface area contributed by atoms with E-state index in [1.165, 1.54) is 18.2 Å². The maximum atomic E-state index is 13.0. The number of benzene rings is 1. The van der Waals surface area contributed by atoms with Crippen molar-refractivity contribution in [1.29, 1.82) is 0 Å². The third-order valence-corrected chi connectivity index (χ3v) is 3.49. The van der Waals surface area contributed by atoms with Gasteiger partial charge in [0.15, 0.2) is 0 Å². The molecule has 0 atom stereocenters. The number of thiophene rings is 1. The lowest BCUT2D eigenvalue weighted by atomic mass is 10.2. The van der Waals surface area contributed by atoms with Gasteiger partial charge in [-0.15, -0.1) is 12.6 Å². The van der Waals surface area contributed by atoms with Crippen LogP contribution in [0.15, 0.2) is 23.1 Å². The van der Waals surface area contributed by atoms with E-state index >= 15 is 0 Å². The van der Waals surface area contributed by atoms with Gasteiger partial charge in [0.25, 0.3) is 0 Å². The minimum absolute atomic E-state index is 0.000833. The highest BCUT2D eigenvalue weighted by atomic mass is 32.1. The van der Waals surface area contributed by atoms with Crippen LogP contribution in [0.25, 0.3) is 10.1 Å². The highest BCUT2D eigenvalue weighted by Gasteiger charge is 2.14. The molecule has 0 radical (unpaired) electrons. The van der Waals surface area contributed by atoms with Gasteiger partial charge in [0.05, 0.1) is 14.5 Å². The summed E-state index contributed by atoms with van der Waals surface area (Å²) >= 11 is 4.89. The summed E-state index contributed by atoms with van der Waals surface area (Å²) in [6.45, 7) is 0. The molecule has 0 saturated heterocycles. The molecule has 72 valence electrons. The van der Waals surface area contributed by atoms with E-state index in [4.69, 9.17) is 0 Å². The Morgan fingerprint density at radius 3 is 2.86 bits per heavy atom. The van der Waals surface area contributed by atoms with Crippen LogP contribution >= 0.6 is 24.0 Å². The Kier molecular flexibility index (Phi) is 2.16. The zero-order valence-corrected chi connectivity index (χ0v) is 8.44. The Balaban J connectivity index is 2.77. The second kappa shape index (κ2) is 3.21. The number of fused-ring (bicyclic) bond motifs is 1. The minimum Gasteiger partial charge on any atom is -0.258 e. The van der Waals surface area contributed by atoms with Crippen LogP contribution in [-0.4, -0.2) is 4.92 Å². The summed E-state index contributed by atoms with van der Waals surface area (Å²) in [5, 5.41) is 11.1. The lowest BCUT2D eigenvalue weighted by molar-refractivity contribution is -0.380. The van der Waals surface area contributed by atoms with Gasteiger partial charge >= 0.3 is 5.00 Å². The Morgan fingerprint density at radius 2 is 2.21 bits per heavy atom. The Hall–Kier alpha value is -1.14. The van der Waals surface area contributed by atoms with E-state index in [0.29, 0.717) is 10.1 Å². The highest BCUT2D eigenvalue weighted by Crippen LogP contribution is 2.36. The predicted octanol–water partition coefficient (Wildman–Crippen LogP) is 3.24. The molecule has 0 unspecified atom stereocenters. The fourth-order valence-corrected chi connectivity index (χ4v) is 2.39. The number of rotatable bonds is 1. The van der Waals surface area contributed by atoms with Crippen LogP contribution in [0, 0.1) is 15.9 Å². The van der Waals surface area contributed by atoms with Crippen molar-refractivity contribution in [3.8, 4) is 0 Å². The van der Waals surface area contributed by atoms with Gasteiger partial charge in [0, 0.05) is 11.5 Å². The normalized spacial score (nSPS) is 10.7. The molecule has 1 aromatic carbocycles. The van der Waals surface area contributed by atoms with E-state index in [-0.39, 0.29) is 9.90 Å². The van der Waals surface area contributed by atoms with Crippen molar-refractivity contribution in [2.45, 2.75) is 4.90 Å². The van der Waals surface area contributed by atoms with Crippen LogP contribution in [0.1, 0.15) is 0 Å². The van der Waals surface area contributed by atoms with Crippen molar-refractivity contribution in [3.63, 3.8) is 0 Å². The lowest BCUT2D eigenvalue weighted by Crippen LogP contribution is -1.80.